The number of benzene rings is 1. The highest BCUT2D eigenvalue weighted by molar-refractivity contribution is 6.30. The van der Waals surface area contributed by atoms with Gasteiger partial charge >= 0.3 is 0 Å². The fourth-order valence-corrected chi connectivity index (χ4v) is 3.85. The minimum Gasteiger partial charge on any atom is -0.353 e. The number of carbonyl (C=O) groups excluding carboxylic acids is 1. The lowest BCUT2D eigenvalue weighted by Gasteiger charge is -2.22. The van der Waals surface area contributed by atoms with E-state index in [1.165, 1.54) is 12.1 Å². The van der Waals surface area contributed by atoms with Gasteiger partial charge in [-0.05, 0) is 55.4 Å². The number of aromatic nitrogens is 1. The Balaban J connectivity index is 1.69. The van der Waals surface area contributed by atoms with Gasteiger partial charge in [0.25, 0.3) is 5.56 Å². The van der Waals surface area contributed by atoms with Crippen molar-refractivity contribution >= 4 is 17.5 Å². The van der Waals surface area contributed by atoms with Crippen molar-refractivity contribution in [3.63, 3.8) is 0 Å². The number of aromatic amines is 1. The Morgan fingerprint density at radius 1 is 1.15 bits per heavy atom. The summed E-state index contributed by atoms with van der Waals surface area (Å²) >= 11 is 5.82. The Bertz CT molecular complexity index is 907. The van der Waals surface area contributed by atoms with Gasteiger partial charge in [-0.3, -0.25) is 9.59 Å². The number of hydrogen-bond donors (Lipinski definition) is 2. The number of amides is 1. The molecule has 2 heterocycles. The molecule has 2 fully saturated rings. The molecule has 0 bridgehead atoms. The van der Waals surface area contributed by atoms with E-state index in [9.17, 15) is 14.0 Å². The predicted octanol–water partition coefficient (Wildman–Crippen LogP) is 3.85. The van der Waals surface area contributed by atoms with E-state index in [2.05, 4.69) is 10.3 Å². The first-order valence-electron chi connectivity index (χ1n) is 8.98. The van der Waals surface area contributed by atoms with E-state index >= 15 is 0 Å². The highest BCUT2D eigenvalue weighted by Gasteiger charge is 2.29. The first kappa shape index (κ1) is 17.3. The Hall–Kier alpha value is -2.14. The van der Waals surface area contributed by atoms with Crippen LogP contribution in [0.25, 0.3) is 0 Å². The van der Waals surface area contributed by atoms with Crippen LogP contribution in [0, 0.1) is 5.82 Å². The van der Waals surface area contributed by atoms with Gasteiger partial charge in [0.2, 0.25) is 5.91 Å². The summed E-state index contributed by atoms with van der Waals surface area (Å²) in [6.45, 7) is 0. The first-order valence-corrected chi connectivity index (χ1v) is 9.36. The summed E-state index contributed by atoms with van der Waals surface area (Å²) < 4.78 is 14.0. The molecular formula is C20H20ClFN2O2. The second-order valence-corrected chi connectivity index (χ2v) is 7.64. The van der Waals surface area contributed by atoms with Gasteiger partial charge in [-0.2, -0.15) is 0 Å². The quantitative estimate of drug-likeness (QED) is 0.835. The number of carbonyl (C=O) groups is 1. The molecular weight excluding hydrogens is 355 g/mol. The topological polar surface area (TPSA) is 62.0 Å². The molecule has 1 amide bonds. The summed E-state index contributed by atoms with van der Waals surface area (Å²) in [7, 11) is 0. The highest BCUT2D eigenvalue weighted by Crippen LogP contribution is 2.39. The lowest BCUT2D eigenvalue weighted by molar-refractivity contribution is -0.119. The monoisotopic (exact) mass is 374 g/mol. The van der Waals surface area contributed by atoms with Gasteiger partial charge in [0.1, 0.15) is 5.82 Å². The van der Waals surface area contributed by atoms with Gasteiger partial charge < -0.3 is 10.3 Å². The average molecular weight is 375 g/mol. The van der Waals surface area contributed by atoms with Crippen molar-refractivity contribution in [1.82, 2.24) is 10.3 Å². The standard InChI is InChI=1S/C20H20ClFN2O2/c21-16-6-3-12(9-17(16)22)15(10-13-4-8-19(25)23-13)18-7-5-14(11-1-2-11)20(26)24-18/h3,5-7,9,11,13,15H,1-2,4,8,10H2,(H,23,25)(H,24,26)/t13-,15?/m1/s1. The largest absolute Gasteiger partial charge is 0.353 e. The molecule has 0 radical (unpaired) electrons. The van der Waals surface area contributed by atoms with Crippen molar-refractivity contribution in [2.24, 2.45) is 0 Å². The normalized spacial score (nSPS) is 20.8. The predicted molar refractivity (Wildman–Crippen MR) is 98.1 cm³/mol. The maximum Gasteiger partial charge on any atom is 0.251 e. The molecule has 2 N–H and O–H groups in total. The lowest BCUT2D eigenvalue weighted by atomic mass is 9.88. The van der Waals surface area contributed by atoms with Crippen LogP contribution in [-0.2, 0) is 4.79 Å². The number of rotatable bonds is 5. The van der Waals surface area contributed by atoms with Gasteiger partial charge in [-0.1, -0.05) is 23.7 Å². The Labute approximate surface area is 155 Å². The van der Waals surface area contributed by atoms with Crippen molar-refractivity contribution in [2.75, 3.05) is 0 Å². The molecule has 0 spiro atoms. The molecule has 1 aliphatic carbocycles. The second kappa shape index (κ2) is 6.88. The number of hydrogen-bond acceptors (Lipinski definition) is 2. The van der Waals surface area contributed by atoms with Crippen molar-refractivity contribution in [3.05, 3.63) is 68.3 Å². The molecule has 1 aromatic heterocycles. The van der Waals surface area contributed by atoms with Crippen LogP contribution in [0.5, 0.6) is 0 Å². The molecule has 26 heavy (non-hydrogen) atoms. The molecule has 1 aliphatic heterocycles. The van der Waals surface area contributed by atoms with E-state index in [-0.39, 0.29) is 28.4 Å². The maximum absolute atomic E-state index is 14.0. The Morgan fingerprint density at radius 2 is 1.96 bits per heavy atom. The molecule has 2 aromatic rings. The Kier molecular flexibility index (Phi) is 4.57. The van der Waals surface area contributed by atoms with Crippen LogP contribution in [0.1, 0.15) is 60.8 Å². The third-order valence-electron chi connectivity index (χ3n) is 5.31. The Morgan fingerprint density at radius 3 is 2.58 bits per heavy atom. The van der Waals surface area contributed by atoms with Crippen LogP contribution < -0.4 is 10.9 Å². The number of H-pyrrole nitrogens is 1. The van der Waals surface area contributed by atoms with Crippen LogP contribution in [0.3, 0.4) is 0 Å². The van der Waals surface area contributed by atoms with Crippen molar-refractivity contribution in [2.45, 2.75) is 50.0 Å². The summed E-state index contributed by atoms with van der Waals surface area (Å²) in [6, 6.07) is 8.54. The van der Waals surface area contributed by atoms with Gasteiger partial charge in [-0.25, -0.2) is 4.39 Å². The molecule has 1 aromatic carbocycles. The second-order valence-electron chi connectivity index (χ2n) is 7.24. The van der Waals surface area contributed by atoms with E-state index in [0.717, 1.165) is 36.1 Å². The molecule has 1 saturated heterocycles. The van der Waals surface area contributed by atoms with E-state index in [1.54, 1.807) is 6.07 Å². The molecule has 4 rings (SSSR count). The smallest absolute Gasteiger partial charge is 0.251 e. The first-order chi connectivity index (χ1) is 12.5. The molecule has 4 nitrogen and oxygen atoms in total. The molecule has 1 unspecified atom stereocenters. The molecule has 6 heteroatoms. The SMILES string of the molecule is O=C1CC[C@H](CC(c2ccc(Cl)c(F)c2)c2ccc(C3CC3)c(=O)[nH]2)N1. The van der Waals surface area contributed by atoms with Crippen LogP contribution in [0.2, 0.25) is 5.02 Å². The van der Waals surface area contributed by atoms with Crippen LogP contribution in [0.15, 0.2) is 35.1 Å². The zero-order chi connectivity index (χ0) is 18.3. The molecule has 2 aliphatic rings. The number of pyridine rings is 1. The maximum atomic E-state index is 14.0. The average Bonchev–Trinajstić information content (AvgIpc) is 3.37. The summed E-state index contributed by atoms with van der Waals surface area (Å²) in [5.74, 6) is -0.297. The van der Waals surface area contributed by atoms with Crippen LogP contribution >= 0.6 is 11.6 Å². The van der Waals surface area contributed by atoms with Crippen LogP contribution in [-0.4, -0.2) is 16.9 Å². The highest BCUT2D eigenvalue weighted by atomic mass is 35.5. The van der Waals surface area contributed by atoms with E-state index in [4.69, 9.17) is 11.6 Å². The van der Waals surface area contributed by atoms with Gasteiger partial charge in [0.15, 0.2) is 0 Å². The molecule has 136 valence electrons. The fraction of sp³-hybridized carbons (Fsp3) is 0.400. The van der Waals surface area contributed by atoms with Crippen molar-refractivity contribution < 1.29 is 9.18 Å². The van der Waals surface area contributed by atoms with Gasteiger partial charge in [0.05, 0.1) is 5.02 Å². The minimum absolute atomic E-state index is 0.0119. The van der Waals surface area contributed by atoms with Gasteiger partial charge in [-0.15, -0.1) is 0 Å². The zero-order valence-corrected chi connectivity index (χ0v) is 15.0. The van der Waals surface area contributed by atoms with E-state index < -0.39 is 5.82 Å². The number of halogens is 2. The third-order valence-corrected chi connectivity index (χ3v) is 5.61. The lowest BCUT2D eigenvalue weighted by Crippen LogP contribution is -2.28. The van der Waals surface area contributed by atoms with Crippen molar-refractivity contribution in [3.8, 4) is 0 Å². The summed E-state index contributed by atoms with van der Waals surface area (Å²) in [5, 5.41) is 3.02. The summed E-state index contributed by atoms with van der Waals surface area (Å²) in [5.41, 5.74) is 2.23. The zero-order valence-electron chi connectivity index (χ0n) is 14.2. The molecule has 2 atom stereocenters. The third kappa shape index (κ3) is 3.54. The minimum atomic E-state index is -0.485. The van der Waals surface area contributed by atoms with Crippen LogP contribution in [0.4, 0.5) is 4.39 Å². The number of nitrogens with one attached hydrogen (secondary N) is 2. The van der Waals surface area contributed by atoms with E-state index in [1.807, 2.05) is 12.1 Å². The van der Waals surface area contributed by atoms with E-state index in [0.29, 0.717) is 18.8 Å². The summed E-state index contributed by atoms with van der Waals surface area (Å²) in [4.78, 5) is 27.0. The summed E-state index contributed by atoms with van der Waals surface area (Å²) in [6.07, 6.45) is 3.97. The molecule has 1 saturated carbocycles. The fourth-order valence-electron chi connectivity index (χ4n) is 3.73. The van der Waals surface area contributed by atoms with Gasteiger partial charge in [0, 0.05) is 29.6 Å². The van der Waals surface area contributed by atoms with Crippen molar-refractivity contribution in [1.29, 1.82) is 0 Å².